The van der Waals surface area contributed by atoms with Crippen LogP contribution in [0.5, 0.6) is 5.75 Å². The lowest BCUT2D eigenvalue weighted by molar-refractivity contribution is 0.0729. The zero-order valence-corrected chi connectivity index (χ0v) is 11.5. The molecular formula is C14H12O5S. The molecular weight excluding hydrogens is 280 g/mol. The third-order valence-electron chi connectivity index (χ3n) is 2.37. The van der Waals surface area contributed by atoms with Crippen molar-refractivity contribution in [2.45, 2.75) is 6.92 Å². The second-order valence-electron chi connectivity index (χ2n) is 4.04. The first-order valence-electron chi connectivity index (χ1n) is 5.76. The fraction of sp³-hybridized carbons (Fsp3) is 0.0714. The third kappa shape index (κ3) is 3.83. The number of hydrogen-bond donors (Lipinski definition) is 0. The van der Waals surface area contributed by atoms with E-state index in [1.807, 2.05) is 0 Å². The Balaban J connectivity index is 2.10. The summed E-state index contributed by atoms with van der Waals surface area (Å²) in [7, 11) is -4.44. The Morgan fingerprint density at radius 1 is 1.00 bits per heavy atom. The second-order valence-corrected chi connectivity index (χ2v) is 5.19. The standard InChI is InChI=1S/C14H12O5S/c1-11-6-5-7-12(10-11)14(15)19-20(16,17)18-13-8-3-2-4-9-13/h2-10H,1H3. The number of hydrogen-bond acceptors (Lipinski definition) is 5. The van der Waals surface area contributed by atoms with Crippen molar-refractivity contribution in [3.05, 3.63) is 65.7 Å². The Bertz CT molecular complexity index is 707. The van der Waals surface area contributed by atoms with Gasteiger partial charge in [-0.2, -0.15) is 0 Å². The molecule has 0 unspecified atom stereocenters. The summed E-state index contributed by atoms with van der Waals surface area (Å²) in [6.45, 7) is 1.78. The number of carbonyl (C=O) groups excluding carboxylic acids is 1. The minimum absolute atomic E-state index is 0.0737. The van der Waals surface area contributed by atoms with Crippen LogP contribution in [0.2, 0.25) is 0 Å². The molecule has 0 amide bonds. The van der Waals surface area contributed by atoms with E-state index in [0.717, 1.165) is 5.56 Å². The average Bonchev–Trinajstić information content (AvgIpc) is 2.38. The van der Waals surface area contributed by atoms with E-state index in [1.54, 1.807) is 37.3 Å². The van der Waals surface area contributed by atoms with Gasteiger partial charge in [-0.3, -0.25) is 0 Å². The fourth-order valence-electron chi connectivity index (χ4n) is 1.52. The van der Waals surface area contributed by atoms with E-state index >= 15 is 0 Å². The Morgan fingerprint density at radius 3 is 2.35 bits per heavy atom. The number of aryl methyl sites for hydroxylation is 1. The van der Waals surface area contributed by atoms with Crippen molar-refractivity contribution < 1.29 is 21.6 Å². The van der Waals surface area contributed by atoms with E-state index in [2.05, 4.69) is 8.37 Å². The molecule has 0 saturated carbocycles. The van der Waals surface area contributed by atoms with Crippen LogP contribution >= 0.6 is 0 Å². The van der Waals surface area contributed by atoms with Gasteiger partial charge in [-0.15, -0.1) is 8.42 Å². The van der Waals surface area contributed by atoms with Crippen molar-refractivity contribution in [2.24, 2.45) is 0 Å². The molecule has 0 radical (unpaired) electrons. The van der Waals surface area contributed by atoms with Gasteiger partial charge in [-0.1, -0.05) is 35.9 Å². The maximum atomic E-state index is 11.7. The Hall–Kier alpha value is -2.34. The molecule has 0 N–H and O–H groups in total. The molecule has 0 atom stereocenters. The van der Waals surface area contributed by atoms with Crippen LogP contribution in [0, 0.1) is 6.92 Å². The highest BCUT2D eigenvalue weighted by Crippen LogP contribution is 2.14. The molecule has 0 heterocycles. The summed E-state index contributed by atoms with van der Waals surface area (Å²) in [5.41, 5.74) is 0.964. The van der Waals surface area contributed by atoms with Gasteiger partial charge in [-0.25, -0.2) is 4.79 Å². The Labute approximate surface area is 117 Å². The molecule has 2 rings (SSSR count). The molecule has 6 heteroatoms. The van der Waals surface area contributed by atoms with Gasteiger partial charge in [-0.05, 0) is 31.2 Å². The summed E-state index contributed by atoms with van der Waals surface area (Å²) in [5.74, 6) is -0.908. The molecule has 0 spiro atoms. The minimum Gasteiger partial charge on any atom is -0.353 e. The lowest BCUT2D eigenvalue weighted by Crippen LogP contribution is -2.18. The van der Waals surface area contributed by atoms with Crippen molar-refractivity contribution >= 4 is 16.4 Å². The summed E-state index contributed by atoms with van der Waals surface area (Å²) < 4.78 is 32.3. The number of benzene rings is 2. The van der Waals surface area contributed by atoms with Crippen LogP contribution in [-0.2, 0) is 14.6 Å². The minimum atomic E-state index is -4.44. The lowest BCUT2D eigenvalue weighted by atomic mass is 10.1. The molecule has 0 aliphatic carbocycles. The number of para-hydroxylation sites is 1. The van der Waals surface area contributed by atoms with E-state index in [0.29, 0.717) is 0 Å². The Morgan fingerprint density at radius 2 is 1.70 bits per heavy atom. The van der Waals surface area contributed by atoms with Crippen LogP contribution in [0.4, 0.5) is 0 Å². The zero-order chi connectivity index (χ0) is 14.6. The maximum absolute atomic E-state index is 11.7. The molecule has 0 aliphatic heterocycles. The summed E-state index contributed by atoms with van der Waals surface area (Å²) in [4.78, 5) is 11.7. The van der Waals surface area contributed by atoms with Crippen LogP contribution in [0.15, 0.2) is 54.6 Å². The average molecular weight is 292 g/mol. The predicted molar refractivity (Wildman–Crippen MR) is 72.6 cm³/mol. The van der Waals surface area contributed by atoms with Gasteiger partial charge >= 0.3 is 16.4 Å². The molecule has 104 valence electrons. The first-order chi connectivity index (χ1) is 9.46. The van der Waals surface area contributed by atoms with Crippen molar-refractivity contribution in [3.63, 3.8) is 0 Å². The van der Waals surface area contributed by atoms with Gasteiger partial charge in [0.25, 0.3) is 0 Å². The smallest absolute Gasteiger partial charge is 0.353 e. The maximum Gasteiger partial charge on any atom is 0.503 e. The van der Waals surface area contributed by atoms with E-state index in [4.69, 9.17) is 0 Å². The van der Waals surface area contributed by atoms with Gasteiger partial charge < -0.3 is 8.37 Å². The second kappa shape index (κ2) is 5.75. The van der Waals surface area contributed by atoms with E-state index in [-0.39, 0.29) is 11.3 Å². The molecule has 0 aromatic heterocycles. The van der Waals surface area contributed by atoms with Crippen molar-refractivity contribution in [2.75, 3.05) is 0 Å². The topological polar surface area (TPSA) is 69.7 Å². The molecule has 0 fully saturated rings. The van der Waals surface area contributed by atoms with Crippen LogP contribution < -0.4 is 4.18 Å². The monoisotopic (exact) mass is 292 g/mol. The number of carbonyl (C=O) groups is 1. The van der Waals surface area contributed by atoms with Crippen molar-refractivity contribution in [3.8, 4) is 5.75 Å². The van der Waals surface area contributed by atoms with E-state index in [1.165, 1.54) is 24.3 Å². The summed E-state index contributed by atoms with van der Waals surface area (Å²) in [5, 5.41) is 0. The van der Waals surface area contributed by atoms with Crippen LogP contribution in [0.3, 0.4) is 0 Å². The van der Waals surface area contributed by atoms with E-state index in [9.17, 15) is 13.2 Å². The summed E-state index contributed by atoms with van der Waals surface area (Å²) in [6.07, 6.45) is 0. The molecule has 0 aliphatic rings. The van der Waals surface area contributed by atoms with Crippen molar-refractivity contribution in [1.82, 2.24) is 0 Å². The lowest BCUT2D eigenvalue weighted by Gasteiger charge is -2.06. The Kier molecular flexibility index (Phi) is 4.05. The highest BCUT2D eigenvalue weighted by atomic mass is 32.3. The summed E-state index contributed by atoms with van der Waals surface area (Å²) in [6, 6.07) is 14.2. The van der Waals surface area contributed by atoms with Crippen molar-refractivity contribution in [1.29, 1.82) is 0 Å². The summed E-state index contributed by atoms with van der Waals surface area (Å²) >= 11 is 0. The first-order valence-corrected chi connectivity index (χ1v) is 7.09. The van der Waals surface area contributed by atoms with Gasteiger partial charge in [0.2, 0.25) is 0 Å². The highest BCUT2D eigenvalue weighted by molar-refractivity contribution is 7.82. The van der Waals surface area contributed by atoms with E-state index < -0.39 is 16.4 Å². The molecule has 0 bridgehead atoms. The zero-order valence-electron chi connectivity index (χ0n) is 10.6. The normalized spacial score (nSPS) is 10.8. The fourth-order valence-corrected chi connectivity index (χ4v) is 2.19. The molecule has 20 heavy (non-hydrogen) atoms. The van der Waals surface area contributed by atoms with Gasteiger partial charge in [0.15, 0.2) is 0 Å². The largest absolute Gasteiger partial charge is 0.503 e. The van der Waals surface area contributed by atoms with Gasteiger partial charge in [0.1, 0.15) is 5.75 Å². The highest BCUT2D eigenvalue weighted by Gasteiger charge is 2.21. The van der Waals surface area contributed by atoms with Crippen LogP contribution in [0.25, 0.3) is 0 Å². The van der Waals surface area contributed by atoms with Crippen LogP contribution in [-0.4, -0.2) is 14.4 Å². The number of rotatable bonds is 4. The quantitative estimate of drug-likeness (QED) is 0.865. The van der Waals surface area contributed by atoms with Gasteiger partial charge in [0.05, 0.1) is 5.56 Å². The first kappa shape index (κ1) is 14.1. The third-order valence-corrected chi connectivity index (χ3v) is 3.13. The predicted octanol–water partition coefficient (Wildman–Crippen LogP) is 2.48. The molecule has 2 aromatic rings. The van der Waals surface area contributed by atoms with Gasteiger partial charge in [0, 0.05) is 0 Å². The molecule has 2 aromatic carbocycles. The SMILES string of the molecule is Cc1cccc(C(=O)OS(=O)(=O)Oc2ccccc2)c1. The molecule has 0 saturated heterocycles. The van der Waals surface area contributed by atoms with Crippen LogP contribution in [0.1, 0.15) is 15.9 Å². The molecule has 5 nitrogen and oxygen atoms in total.